The van der Waals surface area contributed by atoms with Crippen molar-refractivity contribution in [1.29, 1.82) is 0 Å². The van der Waals surface area contributed by atoms with E-state index in [0.29, 0.717) is 6.01 Å². The van der Waals surface area contributed by atoms with Gasteiger partial charge in [-0.05, 0) is 32.4 Å². The summed E-state index contributed by atoms with van der Waals surface area (Å²) in [6.45, 7) is 4.06. The van der Waals surface area contributed by atoms with E-state index in [2.05, 4.69) is 17.2 Å². The van der Waals surface area contributed by atoms with E-state index in [4.69, 9.17) is 10.2 Å². The molecule has 1 aromatic carbocycles. The number of nitrogens with two attached hydrogens (primary N) is 1. The van der Waals surface area contributed by atoms with E-state index in [-0.39, 0.29) is 12.1 Å². The lowest BCUT2D eigenvalue weighted by Gasteiger charge is -2.13. The van der Waals surface area contributed by atoms with Gasteiger partial charge in [-0.25, -0.2) is 0 Å². The molecule has 1 heterocycles. The Balaban J connectivity index is 2.09. The maximum absolute atomic E-state index is 5.73. The van der Waals surface area contributed by atoms with E-state index in [1.165, 1.54) is 0 Å². The minimum atomic E-state index is 0.173. The van der Waals surface area contributed by atoms with Gasteiger partial charge in [-0.1, -0.05) is 12.1 Å². The van der Waals surface area contributed by atoms with Crippen molar-refractivity contribution in [2.24, 2.45) is 5.73 Å². The van der Waals surface area contributed by atoms with Gasteiger partial charge in [0.15, 0.2) is 5.58 Å². The van der Waals surface area contributed by atoms with Crippen LogP contribution in [0.3, 0.4) is 0 Å². The molecule has 4 heteroatoms. The summed E-state index contributed by atoms with van der Waals surface area (Å²) in [4.78, 5) is 4.34. The van der Waals surface area contributed by atoms with Gasteiger partial charge >= 0.3 is 0 Å². The minimum Gasteiger partial charge on any atom is -0.424 e. The number of rotatable bonds is 4. The molecule has 0 amide bonds. The van der Waals surface area contributed by atoms with Crippen molar-refractivity contribution in [3.63, 3.8) is 0 Å². The molecule has 1 aromatic heterocycles. The van der Waals surface area contributed by atoms with Crippen molar-refractivity contribution in [1.82, 2.24) is 4.98 Å². The standard InChI is InChI=1S/C12H17N3O/c1-8(13)7-9(2)14-12-15-10-5-3-4-6-11(10)16-12/h3-6,8-9H,7,13H2,1-2H3,(H,14,15). The third kappa shape index (κ3) is 2.52. The molecule has 0 bridgehead atoms. The third-order valence-corrected chi connectivity index (χ3v) is 2.39. The molecule has 0 aliphatic carbocycles. The molecular formula is C12H17N3O. The Morgan fingerprint density at radius 1 is 1.38 bits per heavy atom. The first-order valence-electron chi connectivity index (χ1n) is 5.53. The van der Waals surface area contributed by atoms with Crippen LogP contribution >= 0.6 is 0 Å². The second-order valence-electron chi connectivity index (χ2n) is 4.25. The SMILES string of the molecule is CC(N)CC(C)Nc1nc2ccccc2o1. The van der Waals surface area contributed by atoms with Crippen LogP contribution in [0.2, 0.25) is 0 Å². The molecule has 16 heavy (non-hydrogen) atoms. The van der Waals surface area contributed by atoms with Crippen LogP contribution in [0.15, 0.2) is 28.7 Å². The molecule has 2 aromatic rings. The molecule has 3 N–H and O–H groups in total. The van der Waals surface area contributed by atoms with E-state index < -0.39 is 0 Å². The quantitative estimate of drug-likeness (QED) is 0.828. The number of aromatic nitrogens is 1. The van der Waals surface area contributed by atoms with E-state index in [1.807, 2.05) is 31.2 Å². The van der Waals surface area contributed by atoms with Crippen molar-refractivity contribution in [3.05, 3.63) is 24.3 Å². The number of oxazole rings is 1. The molecular weight excluding hydrogens is 202 g/mol. The summed E-state index contributed by atoms with van der Waals surface area (Å²) < 4.78 is 5.56. The second-order valence-corrected chi connectivity index (χ2v) is 4.25. The molecule has 0 radical (unpaired) electrons. The monoisotopic (exact) mass is 219 g/mol. The fourth-order valence-corrected chi connectivity index (χ4v) is 1.76. The number of fused-ring (bicyclic) bond motifs is 1. The van der Waals surface area contributed by atoms with Crippen molar-refractivity contribution in [3.8, 4) is 0 Å². The summed E-state index contributed by atoms with van der Waals surface area (Å²) in [6, 6.07) is 8.71. The highest BCUT2D eigenvalue weighted by molar-refractivity contribution is 5.74. The van der Waals surface area contributed by atoms with Gasteiger partial charge in [-0.3, -0.25) is 0 Å². The van der Waals surface area contributed by atoms with Crippen LogP contribution in [-0.4, -0.2) is 17.1 Å². The van der Waals surface area contributed by atoms with E-state index >= 15 is 0 Å². The lowest BCUT2D eigenvalue weighted by molar-refractivity contribution is 0.562. The topological polar surface area (TPSA) is 64.1 Å². The predicted molar refractivity (Wildman–Crippen MR) is 65.4 cm³/mol. The number of hydrogen-bond donors (Lipinski definition) is 2. The lowest BCUT2D eigenvalue weighted by Crippen LogP contribution is -2.26. The smallest absolute Gasteiger partial charge is 0.295 e. The summed E-state index contributed by atoms with van der Waals surface area (Å²) in [5.41, 5.74) is 7.41. The molecule has 86 valence electrons. The summed E-state index contributed by atoms with van der Waals surface area (Å²) in [6.07, 6.45) is 0.888. The van der Waals surface area contributed by atoms with Crippen molar-refractivity contribution in [2.45, 2.75) is 32.4 Å². The minimum absolute atomic E-state index is 0.173. The molecule has 0 fully saturated rings. The van der Waals surface area contributed by atoms with Crippen molar-refractivity contribution in [2.75, 3.05) is 5.32 Å². The highest BCUT2D eigenvalue weighted by Gasteiger charge is 2.09. The number of hydrogen-bond acceptors (Lipinski definition) is 4. The van der Waals surface area contributed by atoms with E-state index in [0.717, 1.165) is 17.5 Å². The Labute approximate surface area is 94.8 Å². The van der Waals surface area contributed by atoms with Crippen LogP contribution in [0.25, 0.3) is 11.1 Å². The van der Waals surface area contributed by atoms with Crippen molar-refractivity contribution >= 4 is 17.1 Å². The molecule has 0 aliphatic rings. The van der Waals surface area contributed by atoms with Gasteiger partial charge in [0.05, 0.1) is 0 Å². The van der Waals surface area contributed by atoms with Crippen LogP contribution in [-0.2, 0) is 0 Å². The van der Waals surface area contributed by atoms with Crippen LogP contribution < -0.4 is 11.1 Å². The molecule has 0 spiro atoms. The van der Waals surface area contributed by atoms with Crippen LogP contribution in [0, 0.1) is 0 Å². The zero-order valence-corrected chi connectivity index (χ0v) is 9.60. The van der Waals surface area contributed by atoms with E-state index in [9.17, 15) is 0 Å². The van der Waals surface area contributed by atoms with E-state index in [1.54, 1.807) is 0 Å². The Hall–Kier alpha value is -1.55. The first kappa shape index (κ1) is 11.0. The number of anilines is 1. The van der Waals surface area contributed by atoms with Gasteiger partial charge in [0.1, 0.15) is 5.52 Å². The summed E-state index contributed by atoms with van der Waals surface area (Å²) in [5, 5.41) is 3.20. The zero-order chi connectivity index (χ0) is 11.5. The molecule has 2 unspecified atom stereocenters. The normalized spacial score (nSPS) is 14.9. The largest absolute Gasteiger partial charge is 0.424 e. The molecule has 0 saturated heterocycles. The maximum Gasteiger partial charge on any atom is 0.295 e. The first-order chi connectivity index (χ1) is 7.65. The highest BCUT2D eigenvalue weighted by Crippen LogP contribution is 2.19. The first-order valence-corrected chi connectivity index (χ1v) is 5.53. The Morgan fingerprint density at radius 3 is 2.81 bits per heavy atom. The van der Waals surface area contributed by atoms with Crippen LogP contribution in [0.4, 0.5) is 6.01 Å². The molecule has 4 nitrogen and oxygen atoms in total. The zero-order valence-electron chi connectivity index (χ0n) is 9.60. The van der Waals surface area contributed by atoms with Gasteiger partial charge in [0.2, 0.25) is 0 Å². The Bertz CT molecular complexity index is 431. The fraction of sp³-hybridized carbons (Fsp3) is 0.417. The molecule has 0 saturated carbocycles. The predicted octanol–water partition coefficient (Wildman–Crippen LogP) is 2.37. The van der Waals surface area contributed by atoms with Gasteiger partial charge in [-0.15, -0.1) is 0 Å². The average Bonchev–Trinajstić information content (AvgIpc) is 2.57. The van der Waals surface area contributed by atoms with Crippen LogP contribution in [0.5, 0.6) is 0 Å². The average molecular weight is 219 g/mol. The van der Waals surface area contributed by atoms with Crippen molar-refractivity contribution < 1.29 is 4.42 Å². The molecule has 2 rings (SSSR count). The van der Waals surface area contributed by atoms with Gasteiger partial charge in [-0.2, -0.15) is 4.98 Å². The third-order valence-electron chi connectivity index (χ3n) is 2.39. The molecule has 2 atom stereocenters. The fourth-order valence-electron chi connectivity index (χ4n) is 1.76. The number of para-hydroxylation sites is 2. The van der Waals surface area contributed by atoms with Crippen LogP contribution in [0.1, 0.15) is 20.3 Å². The number of benzene rings is 1. The van der Waals surface area contributed by atoms with Gasteiger partial charge in [0, 0.05) is 12.1 Å². The highest BCUT2D eigenvalue weighted by atomic mass is 16.4. The number of nitrogens with one attached hydrogen (secondary N) is 1. The summed E-state index contributed by atoms with van der Waals surface area (Å²) >= 11 is 0. The lowest BCUT2D eigenvalue weighted by atomic mass is 10.1. The number of nitrogens with zero attached hydrogens (tertiary/aromatic N) is 1. The maximum atomic E-state index is 5.73. The second kappa shape index (κ2) is 4.53. The van der Waals surface area contributed by atoms with Gasteiger partial charge < -0.3 is 15.5 Å². The van der Waals surface area contributed by atoms with Gasteiger partial charge in [0.25, 0.3) is 6.01 Å². The Morgan fingerprint density at radius 2 is 2.12 bits per heavy atom. The summed E-state index contributed by atoms with van der Waals surface area (Å²) in [7, 11) is 0. The summed E-state index contributed by atoms with van der Waals surface area (Å²) in [5.74, 6) is 0. The molecule has 0 aliphatic heterocycles. The Kier molecular flexibility index (Phi) is 3.10.